The Kier molecular flexibility index (Phi) is 4.79. The number of amides is 1. The van der Waals surface area contributed by atoms with Crippen molar-refractivity contribution >= 4 is 23.4 Å². The second-order valence-corrected chi connectivity index (χ2v) is 3.69. The fourth-order valence-electron chi connectivity index (χ4n) is 1.40. The molecule has 0 radical (unpaired) electrons. The van der Waals surface area contributed by atoms with Crippen LogP contribution in [-0.4, -0.2) is 35.7 Å². The van der Waals surface area contributed by atoms with Gasteiger partial charge in [0.25, 0.3) is 5.69 Å². The van der Waals surface area contributed by atoms with Gasteiger partial charge in [-0.15, -0.1) is 0 Å². The first-order valence-electron chi connectivity index (χ1n) is 5.41. The normalized spacial score (nSPS) is 9.65. The lowest BCUT2D eigenvalue weighted by Gasteiger charge is -2.16. The summed E-state index contributed by atoms with van der Waals surface area (Å²) in [4.78, 5) is 33.6. The van der Waals surface area contributed by atoms with E-state index in [0.717, 1.165) is 23.1 Å². The van der Waals surface area contributed by atoms with Crippen molar-refractivity contribution in [3.63, 3.8) is 0 Å². The van der Waals surface area contributed by atoms with Crippen molar-refractivity contribution in [2.45, 2.75) is 0 Å². The van der Waals surface area contributed by atoms with E-state index in [1.54, 1.807) is 0 Å². The molecule has 1 N–H and O–H groups in total. The summed E-state index contributed by atoms with van der Waals surface area (Å²) in [5.74, 6) is -1.26. The first-order chi connectivity index (χ1) is 9.38. The molecule has 1 aromatic rings. The van der Waals surface area contributed by atoms with E-state index in [1.165, 1.54) is 13.1 Å². The standard InChI is InChI=1S/C12H12N2O6/c1-3-6-20-12(17)13(2)10-7-8(11(15)16)4-5-9(10)14(18)19/h3-5,7H,1,6H2,2H3,(H,15,16). The van der Waals surface area contributed by atoms with Crippen LogP contribution in [0.2, 0.25) is 0 Å². The topological polar surface area (TPSA) is 110 Å². The molecule has 0 heterocycles. The summed E-state index contributed by atoms with van der Waals surface area (Å²) in [7, 11) is 1.25. The molecule has 0 fully saturated rings. The average Bonchev–Trinajstić information content (AvgIpc) is 2.42. The Morgan fingerprint density at radius 2 is 2.20 bits per heavy atom. The Bertz CT molecular complexity index is 569. The molecule has 0 saturated heterocycles. The van der Waals surface area contributed by atoms with Crippen LogP contribution in [0.4, 0.5) is 16.2 Å². The smallest absolute Gasteiger partial charge is 0.414 e. The lowest BCUT2D eigenvalue weighted by molar-refractivity contribution is -0.384. The predicted molar refractivity (Wildman–Crippen MR) is 70.0 cm³/mol. The predicted octanol–water partition coefficient (Wildman–Crippen LogP) is 2.05. The van der Waals surface area contributed by atoms with Crippen LogP contribution in [-0.2, 0) is 4.74 Å². The molecular weight excluding hydrogens is 268 g/mol. The van der Waals surface area contributed by atoms with Crippen LogP contribution in [0.3, 0.4) is 0 Å². The first-order valence-corrected chi connectivity index (χ1v) is 5.41. The Labute approximate surface area is 114 Å². The van der Waals surface area contributed by atoms with Gasteiger partial charge in [-0.2, -0.15) is 0 Å². The number of carbonyl (C=O) groups excluding carboxylic acids is 1. The largest absolute Gasteiger partial charge is 0.478 e. The molecule has 1 amide bonds. The number of aromatic carboxylic acids is 1. The van der Waals surface area contributed by atoms with Crippen LogP contribution in [0.1, 0.15) is 10.4 Å². The summed E-state index contributed by atoms with van der Waals surface area (Å²) in [5, 5.41) is 19.8. The molecule has 0 atom stereocenters. The van der Waals surface area contributed by atoms with E-state index in [1.807, 2.05) is 0 Å². The lowest BCUT2D eigenvalue weighted by atomic mass is 10.1. The number of ether oxygens (including phenoxy) is 1. The summed E-state index contributed by atoms with van der Waals surface area (Å²) in [5.41, 5.74) is -0.731. The third-order valence-electron chi connectivity index (χ3n) is 2.38. The maximum absolute atomic E-state index is 11.6. The molecule has 0 aliphatic heterocycles. The molecule has 0 bridgehead atoms. The number of benzene rings is 1. The fourth-order valence-corrected chi connectivity index (χ4v) is 1.40. The van der Waals surface area contributed by atoms with Crippen molar-refractivity contribution in [2.24, 2.45) is 0 Å². The summed E-state index contributed by atoms with van der Waals surface area (Å²) >= 11 is 0. The van der Waals surface area contributed by atoms with Gasteiger partial charge in [0.15, 0.2) is 0 Å². The highest BCUT2D eigenvalue weighted by Gasteiger charge is 2.23. The lowest BCUT2D eigenvalue weighted by Crippen LogP contribution is -2.28. The molecule has 0 unspecified atom stereocenters. The Morgan fingerprint density at radius 1 is 1.55 bits per heavy atom. The van der Waals surface area contributed by atoms with Crippen LogP contribution in [0.15, 0.2) is 30.9 Å². The summed E-state index contributed by atoms with van der Waals surface area (Å²) in [6, 6.07) is 3.15. The minimum Gasteiger partial charge on any atom is -0.478 e. The van der Waals surface area contributed by atoms with Gasteiger partial charge in [-0.1, -0.05) is 12.7 Å². The van der Waals surface area contributed by atoms with Gasteiger partial charge in [0, 0.05) is 13.1 Å². The number of anilines is 1. The fraction of sp³-hybridized carbons (Fsp3) is 0.167. The van der Waals surface area contributed by atoms with Crippen molar-refractivity contribution in [3.8, 4) is 0 Å². The van der Waals surface area contributed by atoms with E-state index in [0.29, 0.717) is 0 Å². The quantitative estimate of drug-likeness (QED) is 0.502. The molecule has 0 spiro atoms. The molecule has 0 aromatic heterocycles. The van der Waals surface area contributed by atoms with Crippen molar-refractivity contribution in [2.75, 3.05) is 18.6 Å². The average molecular weight is 280 g/mol. The van der Waals surface area contributed by atoms with Crippen molar-refractivity contribution in [3.05, 3.63) is 46.5 Å². The van der Waals surface area contributed by atoms with Gasteiger partial charge in [-0.25, -0.2) is 9.59 Å². The van der Waals surface area contributed by atoms with Crippen molar-refractivity contribution in [1.82, 2.24) is 0 Å². The van der Waals surface area contributed by atoms with Crippen LogP contribution >= 0.6 is 0 Å². The monoisotopic (exact) mass is 280 g/mol. The van der Waals surface area contributed by atoms with Gasteiger partial charge >= 0.3 is 12.1 Å². The zero-order valence-corrected chi connectivity index (χ0v) is 10.6. The Morgan fingerprint density at radius 3 is 2.70 bits per heavy atom. The van der Waals surface area contributed by atoms with E-state index in [2.05, 4.69) is 6.58 Å². The number of hydrogen-bond donors (Lipinski definition) is 1. The summed E-state index contributed by atoms with van der Waals surface area (Å²) in [6.07, 6.45) is 0.490. The molecular formula is C12H12N2O6. The second kappa shape index (κ2) is 6.32. The van der Waals surface area contributed by atoms with E-state index >= 15 is 0 Å². The first kappa shape index (κ1) is 15.2. The molecule has 1 aromatic carbocycles. The van der Waals surface area contributed by atoms with Crippen molar-refractivity contribution in [1.29, 1.82) is 0 Å². The summed E-state index contributed by atoms with van der Waals surface area (Å²) in [6.45, 7) is 3.31. The number of rotatable bonds is 5. The zero-order valence-electron chi connectivity index (χ0n) is 10.6. The number of nitrogens with zero attached hydrogens (tertiary/aromatic N) is 2. The molecule has 0 aliphatic rings. The number of hydrogen-bond acceptors (Lipinski definition) is 5. The number of nitro groups is 1. The summed E-state index contributed by atoms with van der Waals surface area (Å²) < 4.78 is 4.74. The molecule has 106 valence electrons. The van der Waals surface area contributed by atoms with Crippen LogP contribution in [0, 0.1) is 10.1 Å². The maximum Gasteiger partial charge on any atom is 0.414 e. The highest BCUT2D eigenvalue weighted by atomic mass is 16.6. The Hall–Kier alpha value is -2.90. The number of carbonyl (C=O) groups is 2. The minimum absolute atomic E-state index is 0.0599. The van der Waals surface area contributed by atoms with Crippen molar-refractivity contribution < 1.29 is 24.4 Å². The molecule has 20 heavy (non-hydrogen) atoms. The van der Waals surface area contributed by atoms with Crippen LogP contribution in [0.5, 0.6) is 0 Å². The van der Waals surface area contributed by atoms with Gasteiger partial charge in [0.05, 0.1) is 10.5 Å². The van der Waals surface area contributed by atoms with Gasteiger partial charge in [-0.3, -0.25) is 15.0 Å². The maximum atomic E-state index is 11.6. The van der Waals surface area contributed by atoms with Crippen LogP contribution < -0.4 is 4.90 Å². The van der Waals surface area contributed by atoms with E-state index < -0.39 is 22.7 Å². The number of nitro benzene ring substituents is 1. The van der Waals surface area contributed by atoms with E-state index in [-0.39, 0.29) is 17.9 Å². The Balaban J connectivity index is 3.21. The molecule has 8 heteroatoms. The van der Waals surface area contributed by atoms with Gasteiger partial charge < -0.3 is 9.84 Å². The minimum atomic E-state index is -1.26. The van der Waals surface area contributed by atoms with Gasteiger partial charge in [0.1, 0.15) is 12.3 Å². The van der Waals surface area contributed by atoms with E-state index in [9.17, 15) is 19.7 Å². The van der Waals surface area contributed by atoms with Crippen LogP contribution in [0.25, 0.3) is 0 Å². The van der Waals surface area contributed by atoms with Gasteiger partial charge in [0.2, 0.25) is 0 Å². The molecule has 0 saturated carbocycles. The number of carboxylic acids is 1. The third kappa shape index (κ3) is 3.31. The molecule has 0 aliphatic carbocycles. The molecule has 8 nitrogen and oxygen atoms in total. The second-order valence-electron chi connectivity index (χ2n) is 3.69. The van der Waals surface area contributed by atoms with Gasteiger partial charge in [-0.05, 0) is 12.1 Å². The zero-order chi connectivity index (χ0) is 15.3. The number of carboxylic acid groups (broad SMARTS) is 1. The third-order valence-corrected chi connectivity index (χ3v) is 2.38. The molecule has 1 rings (SSSR count). The highest BCUT2D eigenvalue weighted by molar-refractivity contribution is 5.95. The highest BCUT2D eigenvalue weighted by Crippen LogP contribution is 2.29. The van der Waals surface area contributed by atoms with E-state index in [4.69, 9.17) is 9.84 Å². The SMILES string of the molecule is C=CCOC(=O)N(C)c1cc(C(=O)O)ccc1[N+](=O)[O-].